The summed E-state index contributed by atoms with van der Waals surface area (Å²) in [6, 6.07) is 13.1. The fourth-order valence-electron chi connectivity index (χ4n) is 6.37. The fraction of sp³-hybridized carbons (Fsp3) is 0.545. The Balaban J connectivity index is 0.000000320. The molecule has 0 unspecified atom stereocenters. The fourth-order valence-corrected chi connectivity index (χ4v) is 6.37. The molecular weight excluding hydrogens is 776 g/mol. The van der Waals surface area contributed by atoms with Crippen LogP contribution in [-0.2, 0) is 41.5 Å². The zero-order chi connectivity index (χ0) is 44.9. The number of hydrogen-bond acceptors (Lipinski definition) is 12. The number of benzene rings is 2. The Kier molecular flexibility index (Phi) is 18.6. The summed E-state index contributed by atoms with van der Waals surface area (Å²) in [5, 5.41) is 72.3. The Morgan fingerprint density at radius 3 is 1.27 bits per heavy atom. The Labute approximate surface area is 352 Å². The summed E-state index contributed by atoms with van der Waals surface area (Å²) >= 11 is 0. The van der Waals surface area contributed by atoms with Gasteiger partial charge in [0.05, 0.1) is 0 Å². The van der Waals surface area contributed by atoms with Crippen LogP contribution in [0.3, 0.4) is 0 Å². The second kappa shape index (κ2) is 22.4. The Morgan fingerprint density at radius 1 is 0.617 bits per heavy atom. The Hall–Kier alpha value is -4.52. The minimum Gasteiger partial charge on any atom is -0.387 e. The van der Waals surface area contributed by atoms with E-state index in [2.05, 4.69) is 21.3 Å². The van der Waals surface area contributed by atoms with Gasteiger partial charge in [-0.1, -0.05) is 102 Å². The normalized spacial score (nSPS) is 21.2. The molecule has 10 atom stereocenters. The van der Waals surface area contributed by atoms with Crippen LogP contribution in [-0.4, -0.2) is 129 Å². The number of nitrogens with one attached hydrogen (secondary N) is 4. The number of ether oxygens (including phenoxy) is 2. The molecule has 2 aliphatic rings. The molecule has 4 amide bonds. The zero-order valence-corrected chi connectivity index (χ0v) is 35.7. The predicted octanol–water partition coefficient (Wildman–Crippen LogP) is 1.51. The molecule has 0 bridgehead atoms. The molecule has 0 spiro atoms. The maximum atomic E-state index is 12.7. The number of fused-ring (bicyclic) bond motifs is 2. The summed E-state index contributed by atoms with van der Waals surface area (Å²) in [5.74, 6) is -2.23. The average molecular weight is 841 g/mol. The van der Waals surface area contributed by atoms with Crippen molar-refractivity contribution in [1.82, 2.24) is 10.6 Å². The Bertz CT molecular complexity index is 1680. The molecule has 60 heavy (non-hydrogen) atoms. The number of aliphatic hydroxyl groups excluding tert-OH is 6. The maximum Gasteiger partial charge on any atom is 0.252 e. The lowest BCUT2D eigenvalue weighted by Gasteiger charge is -2.28. The molecule has 2 aliphatic heterocycles. The number of methoxy groups -OCH3 is 2. The van der Waals surface area contributed by atoms with Gasteiger partial charge in [0.25, 0.3) is 11.8 Å². The standard InChI is InChI=1S/2C22H32N2O6/c2*1-22(2,3)12-11-16(25)17(26)18(27)19(30-4)21(29)24-15-10-9-13-7-5-6-8-14(13)23-20(15)28/h2*5-8,11-12,15-19,25-27H,9-10H2,1-4H3,(H,23,28)(H,24,29)/b2*12-11+/t15-,16+,17-,18+,19+;15-,16-,17+,18-,19-/m01/s1. The molecule has 10 N–H and O–H groups in total. The summed E-state index contributed by atoms with van der Waals surface area (Å²) in [5.41, 5.74) is 2.88. The number of amides is 4. The first-order chi connectivity index (χ1) is 28.1. The quantitative estimate of drug-likeness (QED) is 0.122. The van der Waals surface area contributed by atoms with Gasteiger partial charge in [0, 0.05) is 25.6 Å². The van der Waals surface area contributed by atoms with Gasteiger partial charge in [-0.15, -0.1) is 0 Å². The van der Waals surface area contributed by atoms with E-state index in [-0.39, 0.29) is 22.6 Å². The number of aryl methyl sites for hydroxylation is 2. The molecule has 0 saturated carbocycles. The molecule has 0 aromatic heterocycles. The van der Waals surface area contributed by atoms with Gasteiger partial charge in [0.15, 0.2) is 12.2 Å². The molecule has 16 heteroatoms. The van der Waals surface area contributed by atoms with E-state index in [1.165, 1.54) is 26.4 Å². The van der Waals surface area contributed by atoms with Gasteiger partial charge < -0.3 is 61.4 Å². The summed E-state index contributed by atoms with van der Waals surface area (Å²) in [7, 11) is 2.42. The van der Waals surface area contributed by atoms with E-state index < -0.39 is 72.7 Å². The summed E-state index contributed by atoms with van der Waals surface area (Å²) in [6.45, 7) is 11.5. The highest BCUT2D eigenvalue weighted by Gasteiger charge is 2.39. The minimum atomic E-state index is -1.69. The molecule has 0 saturated heterocycles. The van der Waals surface area contributed by atoms with Crippen LogP contribution in [0.25, 0.3) is 0 Å². The van der Waals surface area contributed by atoms with Crippen LogP contribution in [0.15, 0.2) is 72.8 Å². The van der Waals surface area contributed by atoms with E-state index >= 15 is 0 Å². The van der Waals surface area contributed by atoms with Gasteiger partial charge in [0.2, 0.25) is 11.8 Å². The first-order valence-electron chi connectivity index (χ1n) is 20.0. The van der Waals surface area contributed by atoms with Crippen molar-refractivity contribution in [1.29, 1.82) is 0 Å². The van der Waals surface area contributed by atoms with Gasteiger partial charge in [0.1, 0.15) is 48.7 Å². The lowest BCUT2D eigenvalue weighted by atomic mass is 9.94. The van der Waals surface area contributed by atoms with Crippen LogP contribution >= 0.6 is 0 Å². The van der Waals surface area contributed by atoms with Crippen LogP contribution in [0.5, 0.6) is 0 Å². The summed E-state index contributed by atoms with van der Waals surface area (Å²) in [4.78, 5) is 50.3. The van der Waals surface area contributed by atoms with Crippen LogP contribution in [0, 0.1) is 10.8 Å². The largest absolute Gasteiger partial charge is 0.387 e. The molecule has 332 valence electrons. The number of carbonyl (C=O) groups excluding carboxylic acids is 4. The second-order valence-corrected chi connectivity index (χ2v) is 17.2. The lowest BCUT2D eigenvalue weighted by molar-refractivity contribution is -0.150. The van der Waals surface area contributed by atoms with Crippen molar-refractivity contribution in [2.24, 2.45) is 10.8 Å². The molecule has 2 aromatic rings. The molecule has 4 rings (SSSR count). The van der Waals surface area contributed by atoms with E-state index in [0.717, 1.165) is 11.1 Å². The van der Waals surface area contributed by atoms with Crippen molar-refractivity contribution in [3.63, 3.8) is 0 Å². The summed E-state index contributed by atoms with van der Waals surface area (Å²) < 4.78 is 10.1. The minimum absolute atomic E-state index is 0.228. The second-order valence-electron chi connectivity index (χ2n) is 17.2. The first-order valence-corrected chi connectivity index (χ1v) is 20.0. The number of carbonyl (C=O) groups is 4. The third kappa shape index (κ3) is 14.9. The SMILES string of the molecule is CO[C@@H](C(=O)N[C@@H]1CCc2ccccc2NC1=O)[C@H](O)[C@@H](O)[C@H](O)/C=C/C(C)(C)C.CO[C@@H](C(=O)N[C@H]1CCc2ccccc2NC1=O)[C@H](O)[C@@H](O)[C@H](O)/C=C/C(C)(C)C. The highest BCUT2D eigenvalue weighted by atomic mass is 16.5. The van der Waals surface area contributed by atoms with Crippen LogP contribution in [0.2, 0.25) is 0 Å². The van der Waals surface area contributed by atoms with Crippen LogP contribution in [0.1, 0.15) is 65.5 Å². The number of aliphatic hydroxyl groups is 6. The van der Waals surface area contributed by atoms with Gasteiger partial charge in [-0.25, -0.2) is 0 Å². The third-order valence-corrected chi connectivity index (χ3v) is 9.85. The van der Waals surface area contributed by atoms with Gasteiger partial charge in [-0.05, 0) is 59.8 Å². The highest BCUT2D eigenvalue weighted by Crippen LogP contribution is 2.24. The van der Waals surface area contributed by atoms with Gasteiger partial charge in [-0.3, -0.25) is 19.2 Å². The van der Waals surface area contributed by atoms with Crippen LogP contribution < -0.4 is 21.3 Å². The van der Waals surface area contributed by atoms with Gasteiger partial charge in [-0.2, -0.15) is 0 Å². The van der Waals surface area contributed by atoms with Crippen molar-refractivity contribution in [2.45, 2.75) is 128 Å². The van der Waals surface area contributed by atoms with E-state index in [9.17, 15) is 49.8 Å². The molecule has 2 aromatic carbocycles. The molecule has 0 aliphatic carbocycles. The van der Waals surface area contributed by atoms with E-state index in [4.69, 9.17) is 9.47 Å². The number of allylic oxidation sites excluding steroid dienone is 2. The highest BCUT2D eigenvalue weighted by molar-refractivity contribution is 5.99. The van der Waals surface area contributed by atoms with Crippen molar-refractivity contribution >= 4 is 35.0 Å². The number of anilines is 2. The summed E-state index contributed by atoms with van der Waals surface area (Å²) in [6.07, 6.45) is -4.33. The van der Waals surface area contributed by atoms with Crippen LogP contribution in [0.4, 0.5) is 11.4 Å². The molecule has 2 heterocycles. The number of rotatable bonds is 14. The average Bonchev–Trinajstić information content (AvgIpc) is 3.45. The lowest BCUT2D eigenvalue weighted by Crippen LogP contribution is -2.55. The number of hydrogen-bond donors (Lipinski definition) is 10. The third-order valence-electron chi connectivity index (χ3n) is 9.85. The smallest absolute Gasteiger partial charge is 0.252 e. The van der Waals surface area contributed by atoms with Crippen molar-refractivity contribution in [3.8, 4) is 0 Å². The molecule has 16 nitrogen and oxygen atoms in total. The first kappa shape index (κ1) is 49.8. The zero-order valence-electron chi connectivity index (χ0n) is 35.7. The van der Waals surface area contributed by atoms with E-state index in [1.54, 1.807) is 24.3 Å². The molecule has 0 fully saturated rings. The molecular formula is C44H64N4O12. The van der Waals surface area contributed by atoms with Gasteiger partial charge >= 0.3 is 0 Å². The maximum absolute atomic E-state index is 12.7. The molecule has 0 radical (unpaired) electrons. The van der Waals surface area contributed by atoms with E-state index in [1.807, 2.05) is 77.9 Å². The van der Waals surface area contributed by atoms with Crippen molar-refractivity contribution in [3.05, 3.63) is 84.0 Å². The topological polar surface area (TPSA) is 256 Å². The van der Waals surface area contributed by atoms with Crippen molar-refractivity contribution in [2.75, 3.05) is 24.9 Å². The number of para-hydroxylation sites is 2. The monoisotopic (exact) mass is 840 g/mol. The predicted molar refractivity (Wildman–Crippen MR) is 225 cm³/mol. The van der Waals surface area contributed by atoms with E-state index in [0.29, 0.717) is 37.1 Å². The Morgan fingerprint density at radius 2 is 0.950 bits per heavy atom. The van der Waals surface area contributed by atoms with Crippen molar-refractivity contribution < 1.29 is 59.3 Å².